The molecule has 2 heterocycles. The van der Waals surface area contributed by atoms with Gasteiger partial charge < -0.3 is 9.30 Å². The van der Waals surface area contributed by atoms with Crippen LogP contribution in [0.25, 0.3) is 11.4 Å². The minimum Gasteiger partial charge on any atom is -0.375 e. The van der Waals surface area contributed by atoms with E-state index in [9.17, 15) is 0 Å². The number of aromatic nitrogens is 3. The molecule has 1 unspecified atom stereocenters. The van der Waals surface area contributed by atoms with Gasteiger partial charge in [-0.3, -0.25) is 4.90 Å². The molecule has 0 spiro atoms. The first-order valence-electron chi connectivity index (χ1n) is 10.2. The number of rotatable bonds is 6. The molecule has 0 saturated carbocycles. The number of benzene rings is 1. The molecule has 154 valence electrons. The summed E-state index contributed by atoms with van der Waals surface area (Å²) in [5, 5.41) is 9.80. The topological polar surface area (TPSA) is 43.2 Å². The van der Waals surface area contributed by atoms with Crippen molar-refractivity contribution in [2.24, 2.45) is 13.0 Å². The van der Waals surface area contributed by atoms with Crippen molar-refractivity contribution in [2.45, 2.75) is 51.3 Å². The highest BCUT2D eigenvalue weighted by Crippen LogP contribution is 2.27. The first kappa shape index (κ1) is 21.3. The number of morpholine rings is 1. The molecular weight excluding hydrogens is 368 g/mol. The Balaban J connectivity index is 1.62. The molecule has 0 radical (unpaired) electrons. The lowest BCUT2D eigenvalue weighted by atomic mass is 9.87. The van der Waals surface area contributed by atoms with Gasteiger partial charge in [-0.05, 0) is 16.9 Å². The van der Waals surface area contributed by atoms with E-state index < -0.39 is 0 Å². The van der Waals surface area contributed by atoms with Gasteiger partial charge in [0.2, 0.25) is 0 Å². The summed E-state index contributed by atoms with van der Waals surface area (Å²) in [7, 11) is 2.04. The summed E-state index contributed by atoms with van der Waals surface area (Å²) < 4.78 is 8.06. The van der Waals surface area contributed by atoms with E-state index >= 15 is 0 Å². The number of nitrogens with zero attached hydrogens (tertiary/aromatic N) is 4. The monoisotopic (exact) mass is 402 g/mol. The molecule has 2 aromatic rings. The fraction of sp³-hybridized carbons (Fsp3) is 0.636. The van der Waals surface area contributed by atoms with E-state index in [-0.39, 0.29) is 11.5 Å². The Labute approximate surface area is 173 Å². The van der Waals surface area contributed by atoms with E-state index in [0.29, 0.717) is 5.92 Å². The van der Waals surface area contributed by atoms with Crippen LogP contribution in [0.3, 0.4) is 0 Å². The van der Waals surface area contributed by atoms with Crippen molar-refractivity contribution in [2.75, 3.05) is 32.0 Å². The molecule has 1 atom stereocenters. The minimum atomic E-state index is 0.156. The van der Waals surface area contributed by atoms with Crippen molar-refractivity contribution in [3.8, 4) is 11.4 Å². The summed E-state index contributed by atoms with van der Waals surface area (Å²) in [5.41, 5.74) is 2.59. The van der Waals surface area contributed by atoms with E-state index in [1.807, 2.05) is 7.05 Å². The SMILES string of the molecule is CC(C)CN1CCOC(CSc2nnc(-c3ccc(C(C)(C)C)cc3)n2C)C1. The van der Waals surface area contributed by atoms with Crippen LogP contribution in [0, 0.1) is 5.92 Å². The third-order valence-corrected chi connectivity index (χ3v) is 6.24. The van der Waals surface area contributed by atoms with Crippen molar-refractivity contribution in [1.29, 1.82) is 0 Å². The lowest BCUT2D eigenvalue weighted by molar-refractivity contribution is -0.0191. The van der Waals surface area contributed by atoms with Gasteiger partial charge in [0, 0.05) is 38.0 Å². The lowest BCUT2D eigenvalue weighted by Gasteiger charge is -2.33. The number of thioether (sulfide) groups is 1. The van der Waals surface area contributed by atoms with Gasteiger partial charge in [0.25, 0.3) is 0 Å². The number of hydrogen-bond donors (Lipinski definition) is 0. The summed E-state index contributed by atoms with van der Waals surface area (Å²) in [4.78, 5) is 2.51. The second kappa shape index (κ2) is 8.97. The highest BCUT2D eigenvalue weighted by atomic mass is 32.2. The molecule has 1 aromatic heterocycles. The van der Waals surface area contributed by atoms with Gasteiger partial charge in [0.1, 0.15) is 0 Å². The molecule has 1 fully saturated rings. The predicted octanol–water partition coefficient (Wildman–Crippen LogP) is 4.23. The van der Waals surface area contributed by atoms with Crippen molar-refractivity contribution in [3.05, 3.63) is 29.8 Å². The molecule has 1 aliphatic rings. The molecule has 28 heavy (non-hydrogen) atoms. The molecule has 0 aliphatic carbocycles. The summed E-state index contributed by atoms with van der Waals surface area (Å²) >= 11 is 1.74. The minimum absolute atomic E-state index is 0.156. The van der Waals surface area contributed by atoms with Crippen LogP contribution in [0.5, 0.6) is 0 Å². The largest absolute Gasteiger partial charge is 0.375 e. The maximum Gasteiger partial charge on any atom is 0.191 e. The molecule has 3 rings (SSSR count). The molecule has 0 amide bonds. The smallest absolute Gasteiger partial charge is 0.191 e. The van der Waals surface area contributed by atoms with Gasteiger partial charge in [0.05, 0.1) is 12.7 Å². The summed E-state index contributed by atoms with van der Waals surface area (Å²) in [5.74, 6) is 2.51. The van der Waals surface area contributed by atoms with Gasteiger partial charge in [-0.15, -0.1) is 10.2 Å². The summed E-state index contributed by atoms with van der Waals surface area (Å²) in [6, 6.07) is 8.67. The van der Waals surface area contributed by atoms with E-state index in [4.69, 9.17) is 4.74 Å². The van der Waals surface area contributed by atoms with Crippen molar-refractivity contribution >= 4 is 11.8 Å². The second-order valence-corrected chi connectivity index (χ2v) is 10.1. The Hall–Kier alpha value is -1.37. The Kier molecular flexibility index (Phi) is 6.84. The van der Waals surface area contributed by atoms with Crippen LogP contribution in [0.1, 0.15) is 40.2 Å². The van der Waals surface area contributed by atoms with Gasteiger partial charge in [0.15, 0.2) is 11.0 Å². The van der Waals surface area contributed by atoms with Gasteiger partial charge in [-0.1, -0.05) is 70.6 Å². The zero-order chi connectivity index (χ0) is 20.3. The third kappa shape index (κ3) is 5.37. The van der Waals surface area contributed by atoms with Crippen LogP contribution in [0.2, 0.25) is 0 Å². The van der Waals surface area contributed by atoms with Crippen LogP contribution in [0.15, 0.2) is 29.4 Å². The van der Waals surface area contributed by atoms with Crippen LogP contribution in [-0.4, -0.2) is 57.8 Å². The summed E-state index contributed by atoms with van der Waals surface area (Å²) in [6.07, 6.45) is 0.253. The average Bonchev–Trinajstić information content (AvgIpc) is 3.00. The predicted molar refractivity (Wildman–Crippen MR) is 117 cm³/mol. The van der Waals surface area contributed by atoms with Crippen LogP contribution in [0.4, 0.5) is 0 Å². The molecule has 0 N–H and O–H groups in total. The fourth-order valence-corrected chi connectivity index (χ4v) is 4.46. The molecule has 0 bridgehead atoms. The maximum atomic E-state index is 5.97. The zero-order valence-corrected chi connectivity index (χ0v) is 18.9. The highest BCUT2D eigenvalue weighted by Gasteiger charge is 2.22. The normalized spacial score (nSPS) is 18.8. The van der Waals surface area contributed by atoms with Crippen molar-refractivity contribution in [3.63, 3.8) is 0 Å². The standard InChI is InChI=1S/C22H34N4OS/c1-16(2)13-26-11-12-27-19(14-26)15-28-21-24-23-20(25(21)6)17-7-9-18(10-8-17)22(3,4)5/h7-10,16,19H,11-15H2,1-6H3. The van der Waals surface area contributed by atoms with E-state index in [0.717, 1.165) is 48.5 Å². The quantitative estimate of drug-likeness (QED) is 0.677. The van der Waals surface area contributed by atoms with Crippen LogP contribution >= 0.6 is 11.8 Å². The Morgan fingerprint density at radius 3 is 2.54 bits per heavy atom. The van der Waals surface area contributed by atoms with Crippen LogP contribution < -0.4 is 0 Å². The summed E-state index contributed by atoms with van der Waals surface area (Å²) in [6.45, 7) is 15.2. The van der Waals surface area contributed by atoms with E-state index in [1.54, 1.807) is 11.8 Å². The fourth-order valence-electron chi connectivity index (χ4n) is 3.54. The molecule has 1 saturated heterocycles. The Morgan fingerprint density at radius 2 is 1.89 bits per heavy atom. The van der Waals surface area contributed by atoms with Gasteiger partial charge in [-0.25, -0.2) is 0 Å². The van der Waals surface area contributed by atoms with E-state index in [2.05, 4.69) is 78.5 Å². The molecule has 1 aromatic carbocycles. The van der Waals surface area contributed by atoms with Gasteiger partial charge >= 0.3 is 0 Å². The Bertz CT molecular complexity index is 764. The molecule has 1 aliphatic heterocycles. The maximum absolute atomic E-state index is 5.97. The first-order chi connectivity index (χ1) is 13.2. The average molecular weight is 403 g/mol. The van der Waals surface area contributed by atoms with Crippen molar-refractivity contribution in [1.82, 2.24) is 19.7 Å². The number of ether oxygens (including phenoxy) is 1. The Morgan fingerprint density at radius 1 is 1.18 bits per heavy atom. The van der Waals surface area contributed by atoms with Crippen molar-refractivity contribution < 1.29 is 4.74 Å². The molecule has 6 heteroatoms. The van der Waals surface area contributed by atoms with Crippen LogP contribution in [-0.2, 0) is 17.2 Å². The molecule has 5 nitrogen and oxygen atoms in total. The zero-order valence-electron chi connectivity index (χ0n) is 18.1. The number of hydrogen-bond acceptors (Lipinski definition) is 5. The third-order valence-electron chi connectivity index (χ3n) is 5.09. The molecular formula is C22H34N4OS. The lowest BCUT2D eigenvalue weighted by Crippen LogP contribution is -2.44. The van der Waals surface area contributed by atoms with Gasteiger partial charge in [-0.2, -0.15) is 0 Å². The highest BCUT2D eigenvalue weighted by molar-refractivity contribution is 7.99. The second-order valence-electron chi connectivity index (χ2n) is 9.15. The first-order valence-corrected chi connectivity index (χ1v) is 11.2. The van der Waals surface area contributed by atoms with E-state index in [1.165, 1.54) is 5.56 Å².